The molecular weight excluding hydrogens is 274 g/mol. The molecule has 0 aliphatic carbocycles. The number of rotatable bonds is 4. The third-order valence-corrected chi connectivity index (χ3v) is 3.32. The molecule has 0 atom stereocenters. The van der Waals surface area contributed by atoms with Gasteiger partial charge in [0, 0.05) is 11.4 Å². The standard InChI is InChI=1S/C17H17N5/c1-12-7-5-6-10-14(12)22-17-15(18)16(19-11-20-17)21-13-8-3-2-4-9-13/h2-11H,18H2,1H3,(H2,19,20,21,22). The van der Waals surface area contributed by atoms with Crippen LogP contribution in [-0.2, 0) is 0 Å². The number of benzene rings is 2. The van der Waals surface area contributed by atoms with E-state index in [0.717, 1.165) is 16.9 Å². The van der Waals surface area contributed by atoms with E-state index < -0.39 is 0 Å². The summed E-state index contributed by atoms with van der Waals surface area (Å²) in [4.78, 5) is 8.44. The normalized spacial score (nSPS) is 10.2. The number of aryl methyl sites for hydroxylation is 1. The summed E-state index contributed by atoms with van der Waals surface area (Å²) in [6.45, 7) is 2.03. The van der Waals surface area contributed by atoms with Gasteiger partial charge in [-0.3, -0.25) is 0 Å². The Bertz CT molecular complexity index is 771. The first-order valence-corrected chi connectivity index (χ1v) is 6.99. The van der Waals surface area contributed by atoms with Crippen molar-refractivity contribution in [3.63, 3.8) is 0 Å². The lowest BCUT2D eigenvalue weighted by atomic mass is 10.2. The zero-order chi connectivity index (χ0) is 15.4. The van der Waals surface area contributed by atoms with E-state index in [4.69, 9.17) is 5.73 Å². The summed E-state index contributed by atoms with van der Waals surface area (Å²) in [6, 6.07) is 17.7. The highest BCUT2D eigenvalue weighted by molar-refractivity contribution is 5.80. The highest BCUT2D eigenvalue weighted by atomic mass is 15.1. The average Bonchev–Trinajstić information content (AvgIpc) is 2.54. The maximum Gasteiger partial charge on any atom is 0.159 e. The number of anilines is 5. The van der Waals surface area contributed by atoms with Gasteiger partial charge in [-0.2, -0.15) is 0 Å². The Morgan fingerprint density at radius 1 is 0.818 bits per heavy atom. The molecule has 5 heteroatoms. The van der Waals surface area contributed by atoms with E-state index in [0.29, 0.717) is 17.3 Å². The van der Waals surface area contributed by atoms with Gasteiger partial charge in [0.25, 0.3) is 0 Å². The lowest BCUT2D eigenvalue weighted by Crippen LogP contribution is -2.05. The predicted octanol–water partition coefficient (Wildman–Crippen LogP) is 3.85. The van der Waals surface area contributed by atoms with Crippen molar-refractivity contribution in [2.24, 2.45) is 0 Å². The number of para-hydroxylation sites is 2. The molecule has 0 unspecified atom stereocenters. The van der Waals surface area contributed by atoms with E-state index in [1.54, 1.807) is 0 Å². The Kier molecular flexibility index (Phi) is 3.87. The number of nitrogens with two attached hydrogens (primary N) is 1. The van der Waals surface area contributed by atoms with Crippen LogP contribution in [0.3, 0.4) is 0 Å². The van der Waals surface area contributed by atoms with Crippen molar-refractivity contribution in [1.82, 2.24) is 9.97 Å². The molecule has 4 N–H and O–H groups in total. The molecule has 5 nitrogen and oxygen atoms in total. The first-order chi connectivity index (χ1) is 10.7. The minimum Gasteiger partial charge on any atom is -0.393 e. The number of hydrogen-bond acceptors (Lipinski definition) is 5. The van der Waals surface area contributed by atoms with Crippen molar-refractivity contribution >= 4 is 28.7 Å². The zero-order valence-corrected chi connectivity index (χ0v) is 12.2. The lowest BCUT2D eigenvalue weighted by molar-refractivity contribution is 1.17. The maximum atomic E-state index is 6.18. The van der Waals surface area contributed by atoms with Gasteiger partial charge in [-0.05, 0) is 30.7 Å². The fourth-order valence-electron chi connectivity index (χ4n) is 2.09. The number of nitrogens with zero attached hydrogens (tertiary/aromatic N) is 2. The van der Waals surface area contributed by atoms with Crippen molar-refractivity contribution in [2.45, 2.75) is 6.92 Å². The minimum atomic E-state index is 0.481. The molecule has 2 aromatic carbocycles. The first-order valence-electron chi connectivity index (χ1n) is 6.99. The van der Waals surface area contributed by atoms with Crippen molar-refractivity contribution in [2.75, 3.05) is 16.4 Å². The van der Waals surface area contributed by atoms with Crippen LogP contribution < -0.4 is 16.4 Å². The smallest absolute Gasteiger partial charge is 0.159 e. The average molecular weight is 291 g/mol. The van der Waals surface area contributed by atoms with E-state index in [1.165, 1.54) is 6.33 Å². The van der Waals surface area contributed by atoms with Gasteiger partial charge in [0.2, 0.25) is 0 Å². The molecule has 0 amide bonds. The molecule has 1 aromatic heterocycles. The molecule has 110 valence electrons. The summed E-state index contributed by atoms with van der Waals surface area (Å²) < 4.78 is 0. The van der Waals surface area contributed by atoms with Crippen molar-refractivity contribution < 1.29 is 0 Å². The van der Waals surface area contributed by atoms with Gasteiger partial charge in [-0.25, -0.2) is 9.97 Å². The Morgan fingerprint density at radius 3 is 2.18 bits per heavy atom. The molecule has 0 fully saturated rings. The molecule has 22 heavy (non-hydrogen) atoms. The summed E-state index contributed by atoms with van der Waals surface area (Å²) in [5, 5.41) is 6.45. The molecule has 0 saturated heterocycles. The Hall–Kier alpha value is -3.08. The van der Waals surface area contributed by atoms with Gasteiger partial charge >= 0.3 is 0 Å². The topological polar surface area (TPSA) is 75.9 Å². The molecule has 0 bridgehead atoms. The predicted molar refractivity (Wildman–Crippen MR) is 90.6 cm³/mol. The van der Waals surface area contributed by atoms with Crippen LogP contribution in [0.5, 0.6) is 0 Å². The second-order valence-corrected chi connectivity index (χ2v) is 4.92. The Morgan fingerprint density at radius 2 is 1.45 bits per heavy atom. The number of hydrogen-bond donors (Lipinski definition) is 3. The fraction of sp³-hybridized carbons (Fsp3) is 0.0588. The quantitative estimate of drug-likeness (QED) is 0.680. The van der Waals surface area contributed by atoms with E-state index in [1.807, 2.05) is 61.5 Å². The van der Waals surface area contributed by atoms with Gasteiger partial charge < -0.3 is 16.4 Å². The van der Waals surface area contributed by atoms with Gasteiger partial charge in [0.1, 0.15) is 12.0 Å². The monoisotopic (exact) mass is 291 g/mol. The van der Waals surface area contributed by atoms with Crippen LogP contribution >= 0.6 is 0 Å². The zero-order valence-electron chi connectivity index (χ0n) is 12.2. The molecule has 0 saturated carbocycles. The summed E-state index contributed by atoms with van der Waals surface area (Å²) in [5.41, 5.74) is 9.68. The summed E-state index contributed by atoms with van der Waals surface area (Å²) in [5.74, 6) is 1.17. The minimum absolute atomic E-state index is 0.481. The second-order valence-electron chi connectivity index (χ2n) is 4.92. The van der Waals surface area contributed by atoms with E-state index in [2.05, 4.69) is 20.6 Å². The number of nitrogens with one attached hydrogen (secondary N) is 2. The van der Waals surface area contributed by atoms with Crippen molar-refractivity contribution in [3.05, 3.63) is 66.5 Å². The van der Waals surface area contributed by atoms with E-state index >= 15 is 0 Å². The van der Waals surface area contributed by atoms with Gasteiger partial charge in [0.05, 0.1) is 0 Å². The van der Waals surface area contributed by atoms with Crippen LogP contribution in [0.4, 0.5) is 28.7 Å². The molecule has 3 rings (SSSR count). The summed E-state index contributed by atoms with van der Waals surface area (Å²) in [6.07, 6.45) is 1.49. The van der Waals surface area contributed by atoms with Crippen LogP contribution in [0.25, 0.3) is 0 Å². The molecular formula is C17H17N5. The molecule has 0 aliphatic rings. The van der Waals surface area contributed by atoms with Gasteiger partial charge in [-0.15, -0.1) is 0 Å². The molecule has 0 spiro atoms. The first kappa shape index (κ1) is 13.9. The molecule has 0 radical (unpaired) electrons. The Labute approximate surface area is 129 Å². The summed E-state index contributed by atoms with van der Waals surface area (Å²) >= 11 is 0. The molecule has 0 aliphatic heterocycles. The number of aromatic nitrogens is 2. The van der Waals surface area contributed by atoms with Crippen LogP contribution in [0.15, 0.2) is 60.9 Å². The third-order valence-electron chi connectivity index (χ3n) is 3.32. The Balaban J connectivity index is 1.88. The lowest BCUT2D eigenvalue weighted by Gasteiger charge is -2.13. The van der Waals surface area contributed by atoms with Crippen LogP contribution in [0, 0.1) is 6.92 Å². The highest BCUT2D eigenvalue weighted by Crippen LogP contribution is 2.28. The van der Waals surface area contributed by atoms with E-state index in [9.17, 15) is 0 Å². The van der Waals surface area contributed by atoms with Gasteiger partial charge in [-0.1, -0.05) is 36.4 Å². The van der Waals surface area contributed by atoms with Crippen LogP contribution in [0.2, 0.25) is 0 Å². The van der Waals surface area contributed by atoms with Crippen molar-refractivity contribution in [3.8, 4) is 0 Å². The SMILES string of the molecule is Cc1ccccc1Nc1ncnc(Nc2ccccc2)c1N. The van der Waals surface area contributed by atoms with Crippen molar-refractivity contribution in [1.29, 1.82) is 0 Å². The third kappa shape index (κ3) is 2.98. The highest BCUT2D eigenvalue weighted by Gasteiger charge is 2.09. The molecule has 1 heterocycles. The van der Waals surface area contributed by atoms with Gasteiger partial charge in [0.15, 0.2) is 11.6 Å². The summed E-state index contributed by atoms with van der Waals surface area (Å²) in [7, 11) is 0. The second kappa shape index (κ2) is 6.13. The fourth-order valence-corrected chi connectivity index (χ4v) is 2.09. The van der Waals surface area contributed by atoms with Crippen LogP contribution in [-0.4, -0.2) is 9.97 Å². The number of nitrogen functional groups attached to an aromatic ring is 1. The molecule has 3 aromatic rings. The van der Waals surface area contributed by atoms with E-state index in [-0.39, 0.29) is 0 Å². The van der Waals surface area contributed by atoms with Crippen LogP contribution in [0.1, 0.15) is 5.56 Å². The maximum absolute atomic E-state index is 6.18. The largest absolute Gasteiger partial charge is 0.393 e.